The number of carbonyl (C=O) groups is 2. The lowest BCUT2D eigenvalue weighted by Crippen LogP contribution is -2.40. The molecular formula is C21H25ClN2O4. The van der Waals surface area contributed by atoms with Crippen molar-refractivity contribution in [3.05, 3.63) is 46.1 Å². The summed E-state index contributed by atoms with van der Waals surface area (Å²) >= 11 is 6.48. The summed E-state index contributed by atoms with van der Waals surface area (Å²) < 4.78 is 10.9. The molecule has 1 heterocycles. The Hall–Kier alpha value is -2.02. The minimum atomic E-state index is -0.524. The number of halogens is 1. The van der Waals surface area contributed by atoms with Crippen molar-refractivity contribution >= 4 is 29.1 Å². The Morgan fingerprint density at radius 1 is 1.29 bits per heavy atom. The molecule has 0 saturated heterocycles. The second kappa shape index (κ2) is 9.45. The molecule has 2 N–H and O–H groups in total. The molecule has 0 radical (unpaired) electrons. The van der Waals surface area contributed by atoms with E-state index in [0.29, 0.717) is 42.3 Å². The highest BCUT2D eigenvalue weighted by Crippen LogP contribution is 2.45. The number of fused-ring (bicyclic) bond motifs is 1. The van der Waals surface area contributed by atoms with Gasteiger partial charge in [0.25, 0.3) is 0 Å². The molecule has 2 aliphatic rings. The van der Waals surface area contributed by atoms with Crippen LogP contribution in [0.1, 0.15) is 37.7 Å². The average Bonchev–Trinajstić information content (AvgIpc) is 2.68. The third kappa shape index (κ3) is 4.19. The van der Waals surface area contributed by atoms with Crippen LogP contribution in [-0.4, -0.2) is 43.8 Å². The summed E-state index contributed by atoms with van der Waals surface area (Å²) in [5.74, 6) is -1.42. The summed E-state index contributed by atoms with van der Waals surface area (Å²) in [6, 6.07) is 7.30. The topological polar surface area (TPSA) is 91.0 Å². The van der Waals surface area contributed by atoms with Gasteiger partial charge in [0.1, 0.15) is 5.78 Å². The number of esters is 1. The number of carbonyl (C=O) groups excluding carboxylic acids is 2. The van der Waals surface area contributed by atoms with E-state index in [9.17, 15) is 9.59 Å². The molecule has 0 amide bonds. The van der Waals surface area contributed by atoms with Gasteiger partial charge >= 0.3 is 5.97 Å². The molecule has 1 aromatic rings. The number of benzene rings is 1. The summed E-state index contributed by atoms with van der Waals surface area (Å²) in [5, 5.41) is 0.510. The smallest absolute Gasteiger partial charge is 0.336 e. The highest BCUT2D eigenvalue weighted by Gasteiger charge is 2.45. The molecule has 1 fully saturated rings. The van der Waals surface area contributed by atoms with E-state index in [1.54, 1.807) is 13.0 Å². The number of aliphatic imine (C=N–C) groups is 1. The van der Waals surface area contributed by atoms with Crippen LogP contribution < -0.4 is 5.73 Å². The summed E-state index contributed by atoms with van der Waals surface area (Å²) in [5.41, 5.74) is 7.90. The molecule has 0 bridgehead atoms. The van der Waals surface area contributed by atoms with Crippen LogP contribution in [0, 0.1) is 5.92 Å². The highest BCUT2D eigenvalue weighted by molar-refractivity contribution is 6.31. The molecule has 28 heavy (non-hydrogen) atoms. The molecule has 1 aliphatic carbocycles. The minimum Gasteiger partial charge on any atom is -0.463 e. The first-order valence-electron chi connectivity index (χ1n) is 9.61. The van der Waals surface area contributed by atoms with E-state index in [0.717, 1.165) is 17.7 Å². The zero-order valence-corrected chi connectivity index (χ0v) is 16.7. The Bertz CT molecular complexity index is 818. The third-order valence-corrected chi connectivity index (χ3v) is 5.38. The van der Waals surface area contributed by atoms with E-state index < -0.39 is 17.8 Å². The van der Waals surface area contributed by atoms with E-state index in [4.69, 9.17) is 26.8 Å². The second-order valence-corrected chi connectivity index (χ2v) is 7.23. The Kier molecular flexibility index (Phi) is 6.99. The third-order valence-electron chi connectivity index (χ3n) is 5.03. The molecule has 6 nitrogen and oxygen atoms in total. The number of ether oxygens (including phenoxy) is 2. The molecule has 150 valence electrons. The van der Waals surface area contributed by atoms with E-state index in [2.05, 4.69) is 4.99 Å². The van der Waals surface area contributed by atoms with Crippen molar-refractivity contribution in [2.75, 3.05) is 26.4 Å². The molecule has 2 atom stereocenters. The number of nitrogens with two attached hydrogens (primary N) is 1. The van der Waals surface area contributed by atoms with Crippen LogP contribution >= 0.6 is 11.6 Å². The van der Waals surface area contributed by atoms with Crippen molar-refractivity contribution in [1.29, 1.82) is 0 Å². The van der Waals surface area contributed by atoms with Gasteiger partial charge in [-0.15, -0.1) is 0 Å². The Morgan fingerprint density at radius 3 is 2.79 bits per heavy atom. The summed E-state index contributed by atoms with van der Waals surface area (Å²) in [7, 11) is 0. The minimum absolute atomic E-state index is 0.0821. The lowest BCUT2D eigenvalue weighted by molar-refractivity contribution is -0.139. The van der Waals surface area contributed by atoms with Crippen molar-refractivity contribution in [2.24, 2.45) is 16.6 Å². The fourth-order valence-electron chi connectivity index (χ4n) is 3.90. The highest BCUT2D eigenvalue weighted by atomic mass is 35.5. The molecule has 0 aromatic heterocycles. The van der Waals surface area contributed by atoms with Gasteiger partial charge < -0.3 is 15.2 Å². The Labute approximate surface area is 169 Å². The zero-order valence-electron chi connectivity index (χ0n) is 15.9. The summed E-state index contributed by atoms with van der Waals surface area (Å²) in [6.45, 7) is 2.83. The monoisotopic (exact) mass is 404 g/mol. The van der Waals surface area contributed by atoms with Gasteiger partial charge in [0, 0.05) is 29.6 Å². The molecule has 1 aromatic carbocycles. The van der Waals surface area contributed by atoms with E-state index in [1.165, 1.54) is 0 Å². The number of hydrogen-bond acceptors (Lipinski definition) is 6. The van der Waals surface area contributed by atoms with Gasteiger partial charge in [-0.2, -0.15) is 0 Å². The van der Waals surface area contributed by atoms with Crippen molar-refractivity contribution in [1.82, 2.24) is 0 Å². The maximum atomic E-state index is 12.9. The van der Waals surface area contributed by atoms with Crippen molar-refractivity contribution in [3.63, 3.8) is 0 Å². The lowest BCUT2D eigenvalue weighted by atomic mass is 9.69. The van der Waals surface area contributed by atoms with Crippen molar-refractivity contribution < 1.29 is 19.1 Å². The molecule has 0 spiro atoms. The van der Waals surface area contributed by atoms with Crippen LogP contribution in [0.15, 0.2) is 40.5 Å². The molecule has 2 unspecified atom stereocenters. The first-order chi connectivity index (χ1) is 13.6. The Morgan fingerprint density at radius 2 is 2.07 bits per heavy atom. The van der Waals surface area contributed by atoms with Crippen molar-refractivity contribution in [3.8, 4) is 0 Å². The standard InChI is InChI=1S/C21H25ClN2O4/c1-2-28-21(26)20-16(12-27-11-10-23)24-15-8-5-9-17(25)19(15)18(20)13-6-3-4-7-14(13)22/h3-4,6-7,18-19H,2,5,8-12,23H2,1H3. The van der Waals surface area contributed by atoms with Gasteiger partial charge in [-0.05, 0) is 31.4 Å². The van der Waals surface area contributed by atoms with Gasteiger partial charge in [-0.3, -0.25) is 9.79 Å². The maximum absolute atomic E-state index is 12.9. The molecule has 3 rings (SSSR count). The SMILES string of the molecule is CCOC(=O)C1=C(COCCN)N=C2CCCC(=O)C2C1c1ccccc1Cl. The van der Waals surface area contributed by atoms with Crippen LogP contribution in [0.4, 0.5) is 0 Å². The van der Waals surface area contributed by atoms with Gasteiger partial charge in [-0.25, -0.2) is 4.79 Å². The van der Waals surface area contributed by atoms with Gasteiger partial charge in [0.2, 0.25) is 0 Å². The fourth-order valence-corrected chi connectivity index (χ4v) is 4.16. The predicted octanol–water partition coefficient (Wildman–Crippen LogP) is 3.04. The number of nitrogens with zero attached hydrogens (tertiary/aromatic N) is 1. The van der Waals surface area contributed by atoms with Crippen LogP contribution in [0.25, 0.3) is 0 Å². The normalized spacial score (nSPS) is 22.0. The second-order valence-electron chi connectivity index (χ2n) is 6.82. The summed E-state index contributed by atoms with van der Waals surface area (Å²) in [6.07, 6.45) is 1.95. The number of rotatable bonds is 7. The Balaban J connectivity index is 2.16. The van der Waals surface area contributed by atoms with Crippen LogP contribution in [-0.2, 0) is 19.1 Å². The largest absolute Gasteiger partial charge is 0.463 e. The fraction of sp³-hybridized carbons (Fsp3) is 0.476. The van der Waals surface area contributed by atoms with Crippen LogP contribution in [0.5, 0.6) is 0 Å². The maximum Gasteiger partial charge on any atom is 0.336 e. The zero-order chi connectivity index (χ0) is 20.1. The first kappa shape index (κ1) is 20.7. The predicted molar refractivity (Wildman–Crippen MR) is 108 cm³/mol. The van der Waals surface area contributed by atoms with Gasteiger partial charge in [0.15, 0.2) is 0 Å². The molecule has 7 heteroatoms. The molecule has 1 aliphatic heterocycles. The van der Waals surface area contributed by atoms with Crippen molar-refractivity contribution in [2.45, 2.75) is 32.1 Å². The number of hydrogen-bond donors (Lipinski definition) is 1. The number of Topliss-reactive ketones (excluding diaryl/α,β-unsaturated/α-hetero) is 1. The lowest BCUT2D eigenvalue weighted by Gasteiger charge is -2.36. The van der Waals surface area contributed by atoms with Crippen LogP contribution in [0.2, 0.25) is 5.02 Å². The quantitative estimate of drug-likeness (QED) is 0.557. The van der Waals surface area contributed by atoms with Gasteiger partial charge in [0.05, 0.1) is 37.0 Å². The molecular weight excluding hydrogens is 380 g/mol. The van der Waals surface area contributed by atoms with E-state index in [-0.39, 0.29) is 19.0 Å². The van der Waals surface area contributed by atoms with E-state index in [1.807, 2.05) is 18.2 Å². The first-order valence-corrected chi connectivity index (χ1v) is 9.98. The average molecular weight is 405 g/mol. The molecule has 1 saturated carbocycles. The van der Waals surface area contributed by atoms with Gasteiger partial charge in [-0.1, -0.05) is 29.8 Å². The van der Waals surface area contributed by atoms with E-state index >= 15 is 0 Å². The number of ketones is 1. The van der Waals surface area contributed by atoms with Crippen LogP contribution in [0.3, 0.4) is 0 Å². The summed E-state index contributed by atoms with van der Waals surface area (Å²) in [4.78, 5) is 30.5.